The largest absolute Gasteiger partial charge is 0.361 e. The summed E-state index contributed by atoms with van der Waals surface area (Å²) < 4.78 is 6.09. The fraction of sp³-hybridized carbons (Fsp3) is 0.870. The molecular formula is C23H34Cl2N2O. The molecule has 28 heavy (non-hydrogen) atoms. The molecule has 0 spiro atoms. The van der Waals surface area contributed by atoms with Crippen molar-refractivity contribution in [2.24, 2.45) is 11.8 Å². The lowest BCUT2D eigenvalue weighted by molar-refractivity contribution is 0.0519. The molecule has 1 aromatic rings. The molecule has 2 saturated carbocycles. The minimum atomic E-state index is 0.353. The number of aromatic nitrogens is 1. The van der Waals surface area contributed by atoms with Gasteiger partial charge in [0.1, 0.15) is 5.76 Å². The van der Waals surface area contributed by atoms with Crippen LogP contribution in [-0.2, 0) is 0 Å². The van der Waals surface area contributed by atoms with Crippen LogP contribution in [0.2, 0.25) is 0 Å². The summed E-state index contributed by atoms with van der Waals surface area (Å²) in [7, 11) is 2.33. The number of rotatable bonds is 3. The highest BCUT2D eigenvalue weighted by molar-refractivity contribution is 6.20. The van der Waals surface area contributed by atoms with E-state index in [4.69, 9.17) is 27.7 Å². The Hall–Kier alpha value is -0.250. The third-order valence-electron chi connectivity index (χ3n) is 8.57. The molecule has 4 atom stereocenters. The molecule has 0 radical (unpaired) electrons. The molecule has 1 aromatic heterocycles. The van der Waals surface area contributed by atoms with E-state index in [1.165, 1.54) is 50.6 Å². The predicted molar refractivity (Wildman–Crippen MR) is 114 cm³/mol. The molecule has 0 N–H and O–H groups in total. The third kappa shape index (κ3) is 3.65. The van der Waals surface area contributed by atoms with E-state index in [-0.39, 0.29) is 0 Å². The van der Waals surface area contributed by atoms with Gasteiger partial charge >= 0.3 is 0 Å². The van der Waals surface area contributed by atoms with E-state index in [0.29, 0.717) is 28.6 Å². The lowest BCUT2D eigenvalue weighted by atomic mass is 9.67. The van der Waals surface area contributed by atoms with E-state index < -0.39 is 0 Å². The van der Waals surface area contributed by atoms with E-state index in [1.54, 1.807) is 0 Å². The first-order chi connectivity index (χ1) is 13.6. The number of piperidine rings is 1. The lowest BCUT2D eigenvalue weighted by Gasteiger charge is -2.46. The maximum atomic E-state index is 6.42. The van der Waals surface area contributed by atoms with Gasteiger partial charge in [0, 0.05) is 40.7 Å². The molecule has 3 heterocycles. The van der Waals surface area contributed by atoms with Gasteiger partial charge in [-0.15, -0.1) is 23.2 Å². The van der Waals surface area contributed by atoms with Gasteiger partial charge in [0.05, 0.1) is 5.69 Å². The van der Waals surface area contributed by atoms with Crippen molar-refractivity contribution in [2.45, 2.75) is 105 Å². The average Bonchev–Trinajstić information content (AvgIpc) is 3.26. The third-order valence-corrected chi connectivity index (χ3v) is 9.44. The second kappa shape index (κ2) is 8.12. The Morgan fingerprint density at radius 3 is 2.32 bits per heavy atom. The van der Waals surface area contributed by atoms with Crippen molar-refractivity contribution in [2.75, 3.05) is 7.05 Å². The average molecular weight is 425 g/mol. The maximum absolute atomic E-state index is 6.42. The SMILES string of the molecule is CN1C2CC[C@@H]1C[C@H](C1CCC(Cl)CC1)[C@@H]2c1cc(C2CCC(Cl)CC2)no1. The highest BCUT2D eigenvalue weighted by Gasteiger charge is 2.50. The molecule has 2 aliphatic carbocycles. The van der Waals surface area contributed by atoms with Crippen LogP contribution in [0.1, 0.15) is 93.9 Å². The molecular weight excluding hydrogens is 391 g/mol. The minimum Gasteiger partial charge on any atom is -0.361 e. The summed E-state index contributed by atoms with van der Waals surface area (Å²) in [5.41, 5.74) is 1.18. The summed E-state index contributed by atoms with van der Waals surface area (Å²) in [4.78, 5) is 2.65. The van der Waals surface area contributed by atoms with Crippen LogP contribution in [0.25, 0.3) is 0 Å². The van der Waals surface area contributed by atoms with Crippen LogP contribution in [-0.4, -0.2) is 39.9 Å². The van der Waals surface area contributed by atoms with Crippen molar-refractivity contribution in [1.82, 2.24) is 10.1 Å². The number of halogens is 2. The van der Waals surface area contributed by atoms with Crippen molar-refractivity contribution in [3.05, 3.63) is 17.5 Å². The van der Waals surface area contributed by atoms with E-state index in [2.05, 4.69) is 23.2 Å². The number of likely N-dealkylation sites (N-methyl/N-ethyl adjacent to an activating group) is 1. The minimum absolute atomic E-state index is 0.353. The zero-order valence-electron chi connectivity index (χ0n) is 17.0. The smallest absolute Gasteiger partial charge is 0.141 e. The van der Waals surface area contributed by atoms with Gasteiger partial charge in [-0.05, 0) is 89.5 Å². The number of nitrogens with zero attached hydrogens (tertiary/aromatic N) is 2. The Morgan fingerprint density at radius 1 is 0.929 bits per heavy atom. The zero-order chi connectivity index (χ0) is 19.3. The summed E-state index contributed by atoms with van der Waals surface area (Å²) >= 11 is 12.7. The van der Waals surface area contributed by atoms with Gasteiger partial charge in [0.15, 0.2) is 0 Å². The van der Waals surface area contributed by atoms with Gasteiger partial charge in [-0.2, -0.15) is 0 Å². The Labute approximate surface area is 179 Å². The molecule has 0 amide bonds. The van der Waals surface area contributed by atoms with Crippen LogP contribution < -0.4 is 0 Å². The second-order valence-corrected chi connectivity index (χ2v) is 11.2. The fourth-order valence-electron chi connectivity index (χ4n) is 6.90. The van der Waals surface area contributed by atoms with Gasteiger partial charge in [-0.1, -0.05) is 5.16 Å². The quantitative estimate of drug-likeness (QED) is 0.532. The normalized spacial score (nSPS) is 44.7. The monoisotopic (exact) mass is 424 g/mol. The van der Waals surface area contributed by atoms with Crippen molar-refractivity contribution in [1.29, 1.82) is 0 Å². The predicted octanol–water partition coefficient (Wildman–Crippen LogP) is 6.30. The molecule has 4 aliphatic rings. The highest BCUT2D eigenvalue weighted by Crippen LogP contribution is 2.52. The first-order valence-corrected chi connectivity index (χ1v) is 12.4. The van der Waals surface area contributed by atoms with Crippen LogP contribution in [0.4, 0.5) is 0 Å². The summed E-state index contributed by atoms with van der Waals surface area (Å²) in [5.74, 6) is 3.74. The van der Waals surface area contributed by atoms with Crippen LogP contribution in [0.3, 0.4) is 0 Å². The highest BCUT2D eigenvalue weighted by atomic mass is 35.5. The second-order valence-electron chi connectivity index (χ2n) is 10.0. The molecule has 2 aliphatic heterocycles. The molecule has 2 bridgehead atoms. The Kier molecular flexibility index (Phi) is 5.71. The Bertz CT molecular complexity index is 663. The molecule has 5 heteroatoms. The van der Waals surface area contributed by atoms with Crippen LogP contribution in [0.15, 0.2) is 10.6 Å². The summed E-state index contributed by atoms with van der Waals surface area (Å²) in [6.45, 7) is 0. The van der Waals surface area contributed by atoms with Gasteiger partial charge in [-0.25, -0.2) is 0 Å². The first kappa shape index (κ1) is 19.7. The Balaban J connectivity index is 1.39. The van der Waals surface area contributed by atoms with E-state index in [9.17, 15) is 0 Å². The van der Waals surface area contributed by atoms with Gasteiger partial charge in [-0.3, -0.25) is 4.90 Å². The standard InChI is InChI=1S/C23H34Cl2N2O/c1-27-18-10-11-21(27)23(19(12-18)14-2-6-16(24)7-3-14)22-13-20(26-28-22)15-4-8-17(25)9-5-15/h13-19,21,23H,2-12H2,1H3/t14?,15?,16?,17?,18-,19-,21?,23+/m1/s1. The number of hydrogen-bond acceptors (Lipinski definition) is 3. The molecule has 0 aromatic carbocycles. The van der Waals surface area contributed by atoms with Gasteiger partial charge < -0.3 is 4.52 Å². The summed E-state index contributed by atoms with van der Waals surface area (Å²) in [5, 5.41) is 5.33. The molecule has 4 fully saturated rings. The van der Waals surface area contributed by atoms with E-state index in [1.807, 2.05) is 0 Å². The van der Waals surface area contributed by atoms with Crippen molar-refractivity contribution >= 4 is 23.2 Å². The fourth-order valence-corrected chi connectivity index (χ4v) is 7.40. The van der Waals surface area contributed by atoms with Gasteiger partial charge in [0.25, 0.3) is 0 Å². The number of hydrogen-bond donors (Lipinski definition) is 0. The van der Waals surface area contributed by atoms with Gasteiger partial charge in [0.2, 0.25) is 0 Å². The van der Waals surface area contributed by atoms with Crippen molar-refractivity contribution in [3.63, 3.8) is 0 Å². The number of alkyl halides is 2. The topological polar surface area (TPSA) is 29.3 Å². The van der Waals surface area contributed by atoms with Crippen LogP contribution >= 0.6 is 23.2 Å². The molecule has 3 nitrogen and oxygen atoms in total. The Morgan fingerprint density at radius 2 is 1.61 bits per heavy atom. The van der Waals surface area contributed by atoms with E-state index >= 15 is 0 Å². The summed E-state index contributed by atoms with van der Waals surface area (Å²) in [6.07, 6.45) is 13.4. The van der Waals surface area contributed by atoms with Crippen LogP contribution in [0.5, 0.6) is 0 Å². The lowest BCUT2D eigenvalue weighted by Crippen LogP contribution is -2.47. The first-order valence-electron chi connectivity index (χ1n) is 11.6. The molecule has 1 unspecified atom stereocenters. The van der Waals surface area contributed by atoms with E-state index in [0.717, 1.165) is 49.3 Å². The zero-order valence-corrected chi connectivity index (χ0v) is 18.5. The maximum Gasteiger partial charge on any atom is 0.141 e. The summed E-state index contributed by atoms with van der Waals surface area (Å²) in [6, 6.07) is 3.72. The molecule has 5 rings (SSSR count). The van der Waals surface area contributed by atoms with Crippen molar-refractivity contribution in [3.8, 4) is 0 Å². The van der Waals surface area contributed by atoms with Crippen molar-refractivity contribution < 1.29 is 4.52 Å². The number of fused-ring (bicyclic) bond motifs is 2. The molecule has 2 saturated heterocycles. The molecule has 156 valence electrons. The van der Waals surface area contributed by atoms with Crippen LogP contribution in [0, 0.1) is 11.8 Å².